The summed E-state index contributed by atoms with van der Waals surface area (Å²) in [7, 11) is 0. The van der Waals surface area contributed by atoms with Crippen LogP contribution in [0.15, 0.2) is 0 Å². The first-order valence-corrected chi connectivity index (χ1v) is 6.33. The summed E-state index contributed by atoms with van der Waals surface area (Å²) >= 11 is 0. The second-order valence-electron chi connectivity index (χ2n) is 4.86. The van der Waals surface area contributed by atoms with E-state index in [0.29, 0.717) is 6.61 Å². The molecule has 0 bridgehead atoms. The molecule has 4 nitrogen and oxygen atoms in total. The number of aliphatic carboxylic acids is 1. The number of ether oxygens (including phenoxy) is 1. The maximum Gasteiger partial charge on any atom is 0.321 e. The van der Waals surface area contributed by atoms with Crippen LogP contribution in [0.3, 0.4) is 0 Å². The van der Waals surface area contributed by atoms with Crippen LogP contribution < -0.4 is 0 Å². The van der Waals surface area contributed by atoms with E-state index in [2.05, 4.69) is 4.90 Å². The Kier molecular flexibility index (Phi) is 4.18. The molecule has 0 saturated carbocycles. The average Bonchev–Trinajstić information content (AvgIpc) is 2.31. The summed E-state index contributed by atoms with van der Waals surface area (Å²) in [6.45, 7) is 3.29. The van der Waals surface area contributed by atoms with Crippen LogP contribution in [0, 0.1) is 5.92 Å². The second kappa shape index (κ2) is 5.64. The molecule has 92 valence electrons. The minimum Gasteiger partial charge on any atom is -0.480 e. The lowest BCUT2D eigenvalue weighted by molar-refractivity contribution is -0.148. The SMILES string of the molecule is O=C(O)C(C1CCCOC1)N1CCCCC1. The van der Waals surface area contributed by atoms with Crippen LogP contribution in [-0.2, 0) is 9.53 Å². The molecule has 0 radical (unpaired) electrons. The molecule has 2 heterocycles. The van der Waals surface area contributed by atoms with Crippen molar-refractivity contribution in [2.75, 3.05) is 26.3 Å². The smallest absolute Gasteiger partial charge is 0.321 e. The quantitative estimate of drug-likeness (QED) is 0.790. The predicted molar refractivity (Wildman–Crippen MR) is 60.4 cm³/mol. The van der Waals surface area contributed by atoms with Crippen LogP contribution >= 0.6 is 0 Å². The van der Waals surface area contributed by atoms with E-state index < -0.39 is 5.97 Å². The molecule has 2 unspecified atom stereocenters. The van der Waals surface area contributed by atoms with Gasteiger partial charge in [-0.1, -0.05) is 6.42 Å². The number of nitrogens with zero attached hydrogens (tertiary/aromatic N) is 1. The Morgan fingerprint density at radius 3 is 2.56 bits per heavy atom. The molecule has 0 aliphatic carbocycles. The van der Waals surface area contributed by atoms with Crippen molar-refractivity contribution < 1.29 is 14.6 Å². The van der Waals surface area contributed by atoms with E-state index in [-0.39, 0.29) is 12.0 Å². The summed E-state index contributed by atoms with van der Waals surface area (Å²) in [5, 5.41) is 9.38. The highest BCUT2D eigenvalue weighted by Crippen LogP contribution is 2.24. The van der Waals surface area contributed by atoms with Gasteiger partial charge in [0.15, 0.2) is 0 Å². The minimum absolute atomic E-state index is 0.185. The van der Waals surface area contributed by atoms with Gasteiger partial charge in [0.1, 0.15) is 6.04 Å². The lowest BCUT2D eigenvalue weighted by atomic mass is 9.91. The maximum atomic E-state index is 11.4. The number of piperidine rings is 1. The predicted octanol–water partition coefficient (Wildman–Crippen LogP) is 1.35. The van der Waals surface area contributed by atoms with Crippen LogP contribution in [-0.4, -0.2) is 48.3 Å². The monoisotopic (exact) mass is 227 g/mol. The fourth-order valence-electron chi connectivity index (χ4n) is 2.87. The van der Waals surface area contributed by atoms with E-state index in [1.165, 1.54) is 6.42 Å². The summed E-state index contributed by atoms with van der Waals surface area (Å²) in [6, 6.07) is -0.319. The van der Waals surface area contributed by atoms with Crippen molar-refractivity contribution in [3.63, 3.8) is 0 Å². The van der Waals surface area contributed by atoms with Gasteiger partial charge in [-0.25, -0.2) is 0 Å². The standard InChI is InChI=1S/C12H21NO3/c14-12(15)11(10-5-4-8-16-9-10)13-6-2-1-3-7-13/h10-11H,1-9H2,(H,14,15). The largest absolute Gasteiger partial charge is 0.480 e. The summed E-state index contributed by atoms with van der Waals surface area (Å²) in [6.07, 6.45) is 5.51. The molecule has 0 aromatic heterocycles. The molecule has 16 heavy (non-hydrogen) atoms. The summed E-state index contributed by atoms with van der Waals surface area (Å²) < 4.78 is 5.41. The fourth-order valence-corrected chi connectivity index (χ4v) is 2.87. The lowest BCUT2D eigenvalue weighted by Gasteiger charge is -2.37. The van der Waals surface area contributed by atoms with Crippen molar-refractivity contribution in [1.29, 1.82) is 0 Å². The minimum atomic E-state index is -0.669. The van der Waals surface area contributed by atoms with Crippen LogP contribution in [0.5, 0.6) is 0 Å². The Labute approximate surface area is 96.6 Å². The molecule has 4 heteroatoms. The van der Waals surface area contributed by atoms with Gasteiger partial charge in [0.2, 0.25) is 0 Å². The third-order valence-corrected chi connectivity index (χ3v) is 3.68. The normalized spacial score (nSPS) is 29.9. The molecule has 2 rings (SSSR count). The molecule has 2 atom stereocenters. The molecule has 2 fully saturated rings. The fraction of sp³-hybridized carbons (Fsp3) is 0.917. The first-order valence-electron chi connectivity index (χ1n) is 6.33. The van der Waals surface area contributed by atoms with E-state index in [1.807, 2.05) is 0 Å². The summed E-state index contributed by atoms with van der Waals surface area (Å²) in [4.78, 5) is 13.5. The number of rotatable bonds is 3. The Morgan fingerprint density at radius 1 is 1.25 bits per heavy atom. The van der Waals surface area contributed by atoms with Gasteiger partial charge in [0.05, 0.1) is 6.61 Å². The Hall–Kier alpha value is -0.610. The topological polar surface area (TPSA) is 49.8 Å². The molecule has 1 N–H and O–H groups in total. The van der Waals surface area contributed by atoms with Crippen molar-refractivity contribution in [1.82, 2.24) is 4.90 Å². The van der Waals surface area contributed by atoms with Gasteiger partial charge < -0.3 is 9.84 Å². The molecule has 2 aliphatic heterocycles. The Bertz CT molecular complexity index is 214. The molecule has 0 aromatic carbocycles. The third kappa shape index (κ3) is 2.74. The zero-order chi connectivity index (χ0) is 11.4. The van der Waals surface area contributed by atoms with Crippen molar-refractivity contribution in [3.05, 3.63) is 0 Å². The number of hydrogen-bond acceptors (Lipinski definition) is 3. The number of carbonyl (C=O) groups is 1. The van der Waals surface area contributed by atoms with E-state index in [0.717, 1.165) is 45.4 Å². The van der Waals surface area contributed by atoms with E-state index >= 15 is 0 Å². The van der Waals surface area contributed by atoms with Gasteiger partial charge >= 0.3 is 5.97 Å². The van der Waals surface area contributed by atoms with Crippen molar-refractivity contribution in [2.24, 2.45) is 5.92 Å². The van der Waals surface area contributed by atoms with Gasteiger partial charge in [-0.3, -0.25) is 9.69 Å². The zero-order valence-corrected chi connectivity index (χ0v) is 9.73. The van der Waals surface area contributed by atoms with Gasteiger partial charge in [0.25, 0.3) is 0 Å². The summed E-state index contributed by atoms with van der Waals surface area (Å²) in [5.41, 5.74) is 0. The first kappa shape index (κ1) is 11.9. The zero-order valence-electron chi connectivity index (χ0n) is 9.73. The molecule has 2 aliphatic rings. The molecule has 0 aromatic rings. The molecule has 0 amide bonds. The van der Waals surface area contributed by atoms with Crippen LogP contribution in [0.1, 0.15) is 32.1 Å². The molecular weight excluding hydrogens is 206 g/mol. The maximum absolute atomic E-state index is 11.4. The highest BCUT2D eigenvalue weighted by atomic mass is 16.5. The average molecular weight is 227 g/mol. The Balaban J connectivity index is 1.99. The van der Waals surface area contributed by atoms with Crippen molar-refractivity contribution >= 4 is 5.97 Å². The van der Waals surface area contributed by atoms with Gasteiger partial charge in [-0.15, -0.1) is 0 Å². The second-order valence-corrected chi connectivity index (χ2v) is 4.86. The van der Waals surface area contributed by atoms with Crippen molar-refractivity contribution in [2.45, 2.75) is 38.1 Å². The molecule has 2 saturated heterocycles. The van der Waals surface area contributed by atoms with Crippen LogP contribution in [0.4, 0.5) is 0 Å². The van der Waals surface area contributed by atoms with E-state index in [4.69, 9.17) is 4.74 Å². The van der Waals surface area contributed by atoms with Gasteiger partial charge in [-0.05, 0) is 38.8 Å². The molecule has 0 spiro atoms. The van der Waals surface area contributed by atoms with E-state index in [9.17, 15) is 9.90 Å². The summed E-state index contributed by atoms with van der Waals surface area (Å²) in [5.74, 6) is -0.484. The number of likely N-dealkylation sites (tertiary alicyclic amines) is 1. The lowest BCUT2D eigenvalue weighted by Crippen LogP contribution is -2.50. The van der Waals surface area contributed by atoms with Crippen LogP contribution in [0.2, 0.25) is 0 Å². The first-order chi connectivity index (χ1) is 7.79. The van der Waals surface area contributed by atoms with E-state index in [1.54, 1.807) is 0 Å². The third-order valence-electron chi connectivity index (χ3n) is 3.68. The number of carboxylic acid groups (broad SMARTS) is 1. The Morgan fingerprint density at radius 2 is 2.00 bits per heavy atom. The van der Waals surface area contributed by atoms with Gasteiger partial charge in [-0.2, -0.15) is 0 Å². The number of hydrogen-bond donors (Lipinski definition) is 1. The highest BCUT2D eigenvalue weighted by molar-refractivity contribution is 5.74. The number of carboxylic acids is 1. The molecular formula is C12H21NO3. The van der Waals surface area contributed by atoms with Gasteiger partial charge in [0, 0.05) is 12.5 Å². The van der Waals surface area contributed by atoms with Crippen molar-refractivity contribution in [3.8, 4) is 0 Å². The highest BCUT2D eigenvalue weighted by Gasteiger charge is 2.35. The van der Waals surface area contributed by atoms with Crippen LogP contribution in [0.25, 0.3) is 0 Å².